The van der Waals surface area contributed by atoms with Crippen LogP contribution >= 0.6 is 0 Å². The van der Waals surface area contributed by atoms with Crippen molar-refractivity contribution in [3.05, 3.63) is 0 Å². The molecule has 0 aromatic rings. The molecule has 0 aromatic heterocycles. The summed E-state index contributed by atoms with van der Waals surface area (Å²) in [7, 11) is -3.84. The Morgan fingerprint density at radius 3 is 1.67 bits per heavy atom. The summed E-state index contributed by atoms with van der Waals surface area (Å²) in [5.74, 6) is -0.197. The van der Waals surface area contributed by atoms with Crippen molar-refractivity contribution in [1.82, 2.24) is 0 Å². The van der Waals surface area contributed by atoms with Crippen LogP contribution in [0.5, 0.6) is 0 Å². The van der Waals surface area contributed by atoms with Gasteiger partial charge in [0.1, 0.15) is 0 Å². The number of aliphatic hydroxyl groups is 1. The van der Waals surface area contributed by atoms with Gasteiger partial charge in [-0.25, -0.2) is 0 Å². The Labute approximate surface area is 131 Å². The minimum atomic E-state index is -3.84. The van der Waals surface area contributed by atoms with E-state index in [1.807, 2.05) is 0 Å². The third kappa shape index (κ3) is 17.8. The molecule has 21 heavy (non-hydrogen) atoms. The van der Waals surface area contributed by atoms with E-state index in [0.29, 0.717) is 19.3 Å². The number of unbranched alkanes of at least 4 members (excludes halogenated alkanes) is 9. The topological polar surface area (TPSA) is 74.6 Å². The van der Waals surface area contributed by atoms with E-state index in [1.165, 1.54) is 51.4 Å². The number of hydrogen-bond donors (Lipinski definition) is 2. The molecular weight excluding hydrogens is 288 g/mol. The summed E-state index contributed by atoms with van der Waals surface area (Å²) >= 11 is 0. The lowest BCUT2D eigenvalue weighted by Gasteiger charge is -2.09. The van der Waals surface area contributed by atoms with Crippen LogP contribution in [-0.4, -0.2) is 29.9 Å². The third-order valence-corrected chi connectivity index (χ3v) is 4.64. The minimum absolute atomic E-state index is 0.197. The minimum Gasteiger partial charge on any atom is -0.393 e. The summed E-state index contributed by atoms with van der Waals surface area (Å²) in [5, 5.41) is 9.77. The second kappa shape index (κ2) is 13.5. The highest BCUT2D eigenvalue weighted by Gasteiger charge is 2.07. The van der Waals surface area contributed by atoms with E-state index in [1.54, 1.807) is 0 Å². The Morgan fingerprint density at radius 1 is 0.762 bits per heavy atom. The van der Waals surface area contributed by atoms with Crippen molar-refractivity contribution >= 4 is 10.1 Å². The van der Waals surface area contributed by atoms with Crippen LogP contribution in [-0.2, 0) is 10.1 Å². The first-order valence-corrected chi connectivity index (χ1v) is 10.2. The van der Waals surface area contributed by atoms with Gasteiger partial charge in [0.05, 0.1) is 11.9 Å². The quantitative estimate of drug-likeness (QED) is 0.348. The molecule has 0 aliphatic heterocycles. The fourth-order valence-corrected chi connectivity index (χ4v) is 3.07. The van der Waals surface area contributed by atoms with E-state index in [0.717, 1.165) is 12.8 Å². The average molecular weight is 323 g/mol. The molecule has 0 fully saturated rings. The van der Waals surface area contributed by atoms with Crippen molar-refractivity contribution in [3.8, 4) is 0 Å². The van der Waals surface area contributed by atoms with Crippen LogP contribution in [0.4, 0.5) is 0 Å². The van der Waals surface area contributed by atoms with Crippen LogP contribution < -0.4 is 0 Å². The monoisotopic (exact) mass is 322 g/mol. The van der Waals surface area contributed by atoms with E-state index in [-0.39, 0.29) is 11.9 Å². The van der Waals surface area contributed by atoms with Crippen molar-refractivity contribution in [2.24, 2.45) is 0 Å². The average Bonchev–Trinajstić information content (AvgIpc) is 2.41. The van der Waals surface area contributed by atoms with E-state index < -0.39 is 10.1 Å². The molecule has 0 aliphatic rings. The predicted octanol–water partition coefficient (Wildman–Crippen LogP) is 4.33. The molecule has 0 rings (SSSR count). The molecule has 5 heteroatoms. The van der Waals surface area contributed by atoms with Gasteiger partial charge >= 0.3 is 0 Å². The van der Waals surface area contributed by atoms with Crippen molar-refractivity contribution in [3.63, 3.8) is 0 Å². The van der Waals surface area contributed by atoms with E-state index in [9.17, 15) is 13.5 Å². The first-order valence-electron chi connectivity index (χ1n) is 8.59. The maximum absolute atomic E-state index is 10.5. The van der Waals surface area contributed by atoms with Crippen molar-refractivity contribution < 1.29 is 18.1 Å². The molecule has 0 saturated heterocycles. The number of aliphatic hydroxyl groups excluding tert-OH is 1. The molecule has 2 N–H and O–H groups in total. The fourth-order valence-electron chi connectivity index (χ4n) is 2.50. The van der Waals surface area contributed by atoms with Gasteiger partial charge < -0.3 is 5.11 Å². The lowest BCUT2D eigenvalue weighted by Crippen LogP contribution is -2.08. The van der Waals surface area contributed by atoms with E-state index in [2.05, 4.69) is 6.92 Å². The first kappa shape index (κ1) is 20.9. The highest BCUT2D eigenvalue weighted by molar-refractivity contribution is 7.85. The van der Waals surface area contributed by atoms with Crippen LogP contribution in [0.25, 0.3) is 0 Å². The summed E-state index contributed by atoms with van der Waals surface area (Å²) in [6, 6.07) is 0. The molecule has 0 saturated carbocycles. The van der Waals surface area contributed by atoms with Gasteiger partial charge in [-0.3, -0.25) is 4.55 Å². The number of rotatable bonds is 15. The summed E-state index contributed by atoms with van der Waals surface area (Å²) < 4.78 is 29.6. The fraction of sp³-hybridized carbons (Fsp3) is 1.00. The molecule has 0 heterocycles. The van der Waals surface area contributed by atoms with Gasteiger partial charge in [-0.15, -0.1) is 0 Å². The van der Waals surface area contributed by atoms with Crippen LogP contribution in [0, 0.1) is 0 Å². The Bertz CT molecular complexity index is 314. The van der Waals surface area contributed by atoms with Crippen LogP contribution in [0.15, 0.2) is 0 Å². The molecule has 1 atom stereocenters. The van der Waals surface area contributed by atoms with Crippen LogP contribution in [0.2, 0.25) is 0 Å². The first-order chi connectivity index (χ1) is 9.95. The van der Waals surface area contributed by atoms with Crippen molar-refractivity contribution in [2.45, 2.75) is 96.5 Å². The zero-order valence-electron chi connectivity index (χ0n) is 13.6. The zero-order valence-corrected chi connectivity index (χ0v) is 14.4. The SMILES string of the molecule is CCCCCCCCCCCC(O)CCCCS(=O)(=O)O. The second-order valence-electron chi connectivity index (χ2n) is 6.05. The van der Waals surface area contributed by atoms with Gasteiger partial charge in [-0.2, -0.15) is 8.42 Å². The molecule has 0 radical (unpaired) electrons. The van der Waals surface area contributed by atoms with Gasteiger partial charge in [0.2, 0.25) is 0 Å². The van der Waals surface area contributed by atoms with Gasteiger partial charge in [-0.1, -0.05) is 64.7 Å². The molecule has 4 nitrogen and oxygen atoms in total. The molecule has 1 unspecified atom stereocenters. The standard InChI is InChI=1S/C16H34O4S/c1-2-3-4-5-6-7-8-9-10-13-16(17)14-11-12-15-21(18,19)20/h16-17H,2-15H2,1H3,(H,18,19,20). The lowest BCUT2D eigenvalue weighted by atomic mass is 10.0. The van der Waals surface area contributed by atoms with Crippen molar-refractivity contribution in [2.75, 3.05) is 5.75 Å². The Morgan fingerprint density at radius 2 is 1.19 bits per heavy atom. The van der Waals surface area contributed by atoms with Crippen LogP contribution in [0.1, 0.15) is 90.4 Å². The summed E-state index contributed by atoms with van der Waals surface area (Å²) in [4.78, 5) is 0. The molecule has 0 aromatic carbocycles. The third-order valence-electron chi connectivity index (χ3n) is 3.83. The molecule has 128 valence electrons. The maximum Gasteiger partial charge on any atom is 0.264 e. The largest absolute Gasteiger partial charge is 0.393 e. The molecule has 0 spiro atoms. The highest BCUT2D eigenvalue weighted by Crippen LogP contribution is 2.13. The highest BCUT2D eigenvalue weighted by atomic mass is 32.2. The number of hydrogen-bond acceptors (Lipinski definition) is 3. The van der Waals surface area contributed by atoms with Crippen LogP contribution in [0.3, 0.4) is 0 Å². The molecule has 0 bridgehead atoms. The predicted molar refractivity (Wildman–Crippen MR) is 88.1 cm³/mol. The molecule has 0 aliphatic carbocycles. The van der Waals surface area contributed by atoms with E-state index >= 15 is 0 Å². The Balaban J connectivity index is 3.24. The zero-order chi connectivity index (χ0) is 16.0. The Hall–Kier alpha value is -0.130. The second-order valence-corrected chi connectivity index (χ2v) is 7.62. The van der Waals surface area contributed by atoms with Crippen molar-refractivity contribution in [1.29, 1.82) is 0 Å². The van der Waals surface area contributed by atoms with Gasteiger partial charge in [0, 0.05) is 0 Å². The Kier molecular flexibility index (Phi) is 13.4. The van der Waals surface area contributed by atoms with E-state index in [4.69, 9.17) is 4.55 Å². The smallest absolute Gasteiger partial charge is 0.264 e. The van der Waals surface area contributed by atoms with Gasteiger partial charge in [0.15, 0.2) is 0 Å². The summed E-state index contributed by atoms with van der Waals surface area (Å²) in [6.45, 7) is 2.23. The maximum atomic E-state index is 10.5. The normalized spacial score (nSPS) is 13.5. The molecular formula is C16H34O4S. The molecule has 0 amide bonds. The van der Waals surface area contributed by atoms with Gasteiger partial charge in [0.25, 0.3) is 10.1 Å². The van der Waals surface area contributed by atoms with Gasteiger partial charge in [-0.05, 0) is 25.7 Å². The lowest BCUT2D eigenvalue weighted by molar-refractivity contribution is 0.148. The summed E-state index contributed by atoms with van der Waals surface area (Å²) in [5.41, 5.74) is 0. The summed E-state index contributed by atoms with van der Waals surface area (Å²) in [6.07, 6.45) is 13.7.